The van der Waals surface area contributed by atoms with Gasteiger partial charge in [0.2, 0.25) is 0 Å². The number of nitrogens with one attached hydrogen (secondary N) is 1. The van der Waals surface area contributed by atoms with Crippen molar-refractivity contribution >= 4 is 11.6 Å². The molecule has 1 aliphatic heterocycles. The van der Waals surface area contributed by atoms with E-state index in [2.05, 4.69) is 36.2 Å². The highest BCUT2D eigenvalue weighted by molar-refractivity contribution is 6.31. The number of nitrogens with zero attached hydrogens (tertiary/aromatic N) is 1. The van der Waals surface area contributed by atoms with Gasteiger partial charge in [0.15, 0.2) is 0 Å². The molecular formula is C15H23ClN2. The molecule has 0 spiro atoms. The third-order valence-corrected chi connectivity index (χ3v) is 3.80. The number of likely N-dealkylation sites (tertiary alicyclic amines) is 1. The minimum atomic E-state index is 0.565. The predicted octanol–water partition coefficient (Wildman–Crippen LogP) is 3.30. The van der Waals surface area contributed by atoms with E-state index < -0.39 is 0 Å². The fourth-order valence-corrected chi connectivity index (χ4v) is 2.87. The van der Waals surface area contributed by atoms with Gasteiger partial charge in [-0.25, -0.2) is 0 Å². The van der Waals surface area contributed by atoms with Crippen LogP contribution in [0.15, 0.2) is 24.3 Å². The van der Waals surface area contributed by atoms with Gasteiger partial charge < -0.3 is 5.32 Å². The summed E-state index contributed by atoms with van der Waals surface area (Å²) in [5.74, 6) is 0. The lowest BCUT2D eigenvalue weighted by molar-refractivity contribution is 0.178. The molecule has 1 unspecified atom stereocenters. The Morgan fingerprint density at radius 1 is 1.39 bits per heavy atom. The third-order valence-electron chi connectivity index (χ3n) is 3.43. The van der Waals surface area contributed by atoms with Crippen LogP contribution < -0.4 is 5.32 Å². The standard InChI is InChI=1S/C15H23ClN2/c1-12(2)17-14-7-5-9-18(11-14)10-13-6-3-4-8-15(13)16/h3-4,6,8,12,14,17H,5,7,9-11H2,1-2H3. The lowest BCUT2D eigenvalue weighted by atomic mass is 10.0. The molecule has 1 aromatic rings. The van der Waals surface area contributed by atoms with Gasteiger partial charge in [-0.3, -0.25) is 4.90 Å². The first-order valence-electron chi connectivity index (χ1n) is 6.87. The van der Waals surface area contributed by atoms with Crippen LogP contribution in [0.3, 0.4) is 0 Å². The minimum absolute atomic E-state index is 0.565. The Balaban J connectivity index is 1.91. The predicted molar refractivity (Wildman–Crippen MR) is 78.0 cm³/mol. The van der Waals surface area contributed by atoms with Crippen LogP contribution in [0.25, 0.3) is 0 Å². The van der Waals surface area contributed by atoms with E-state index in [1.165, 1.54) is 24.9 Å². The van der Waals surface area contributed by atoms with Gasteiger partial charge in [0.25, 0.3) is 0 Å². The van der Waals surface area contributed by atoms with Crippen molar-refractivity contribution in [3.63, 3.8) is 0 Å². The van der Waals surface area contributed by atoms with E-state index in [4.69, 9.17) is 11.6 Å². The summed E-state index contributed by atoms with van der Waals surface area (Å²) in [7, 11) is 0. The fraction of sp³-hybridized carbons (Fsp3) is 0.600. The van der Waals surface area contributed by atoms with Gasteiger partial charge in [-0.15, -0.1) is 0 Å². The van der Waals surface area contributed by atoms with Crippen LogP contribution in [0.1, 0.15) is 32.3 Å². The van der Waals surface area contributed by atoms with Crippen LogP contribution >= 0.6 is 11.6 Å². The van der Waals surface area contributed by atoms with Gasteiger partial charge in [-0.1, -0.05) is 43.6 Å². The lowest BCUT2D eigenvalue weighted by Crippen LogP contribution is -2.47. The van der Waals surface area contributed by atoms with Crippen LogP contribution in [0.4, 0.5) is 0 Å². The molecule has 1 saturated heterocycles. The van der Waals surface area contributed by atoms with Gasteiger partial charge in [-0.2, -0.15) is 0 Å². The number of hydrogen-bond donors (Lipinski definition) is 1. The van der Waals surface area contributed by atoms with Gasteiger partial charge >= 0.3 is 0 Å². The molecule has 0 aromatic heterocycles. The van der Waals surface area contributed by atoms with Crippen molar-refractivity contribution < 1.29 is 0 Å². The molecule has 1 atom stereocenters. The monoisotopic (exact) mass is 266 g/mol. The fourth-order valence-electron chi connectivity index (χ4n) is 2.67. The van der Waals surface area contributed by atoms with Crippen LogP contribution in [0.2, 0.25) is 5.02 Å². The topological polar surface area (TPSA) is 15.3 Å². The second-order valence-electron chi connectivity index (χ2n) is 5.49. The van der Waals surface area contributed by atoms with E-state index in [0.29, 0.717) is 12.1 Å². The summed E-state index contributed by atoms with van der Waals surface area (Å²) in [6, 6.07) is 9.35. The number of hydrogen-bond acceptors (Lipinski definition) is 2. The van der Waals surface area contributed by atoms with Crippen molar-refractivity contribution in [1.82, 2.24) is 10.2 Å². The van der Waals surface area contributed by atoms with Crippen molar-refractivity contribution in [1.29, 1.82) is 0 Å². The maximum absolute atomic E-state index is 6.22. The molecule has 3 heteroatoms. The third kappa shape index (κ3) is 3.98. The van der Waals surface area contributed by atoms with Gasteiger partial charge in [0.05, 0.1) is 0 Å². The van der Waals surface area contributed by atoms with Crippen molar-refractivity contribution in [2.45, 2.75) is 45.3 Å². The zero-order valence-corrected chi connectivity index (χ0v) is 12.1. The molecule has 1 aliphatic rings. The molecule has 0 saturated carbocycles. The largest absolute Gasteiger partial charge is 0.311 e. The second-order valence-corrected chi connectivity index (χ2v) is 5.89. The summed E-state index contributed by atoms with van der Waals surface area (Å²) in [5.41, 5.74) is 1.24. The summed E-state index contributed by atoms with van der Waals surface area (Å²) in [6.45, 7) is 7.71. The lowest BCUT2D eigenvalue weighted by Gasteiger charge is -2.34. The maximum Gasteiger partial charge on any atom is 0.0451 e. The normalized spacial score (nSPS) is 21.4. The number of rotatable bonds is 4. The molecule has 100 valence electrons. The number of piperidine rings is 1. The first-order chi connectivity index (χ1) is 8.65. The highest BCUT2D eigenvalue weighted by Crippen LogP contribution is 2.19. The molecule has 0 radical (unpaired) electrons. The summed E-state index contributed by atoms with van der Waals surface area (Å²) in [5, 5.41) is 4.52. The average Bonchev–Trinajstić information content (AvgIpc) is 2.32. The smallest absolute Gasteiger partial charge is 0.0451 e. The van der Waals surface area contributed by atoms with E-state index in [1.54, 1.807) is 0 Å². The van der Waals surface area contributed by atoms with Crippen LogP contribution in [-0.4, -0.2) is 30.1 Å². The summed E-state index contributed by atoms with van der Waals surface area (Å²) >= 11 is 6.22. The SMILES string of the molecule is CC(C)NC1CCCN(Cc2ccccc2Cl)C1. The van der Waals surface area contributed by atoms with Gasteiger partial charge in [0, 0.05) is 30.2 Å². The van der Waals surface area contributed by atoms with Crippen molar-refractivity contribution in [3.05, 3.63) is 34.9 Å². The molecule has 1 aromatic carbocycles. The van der Waals surface area contributed by atoms with E-state index in [-0.39, 0.29) is 0 Å². The van der Waals surface area contributed by atoms with Crippen molar-refractivity contribution in [2.24, 2.45) is 0 Å². The highest BCUT2D eigenvalue weighted by atomic mass is 35.5. The van der Waals surface area contributed by atoms with E-state index >= 15 is 0 Å². The van der Waals surface area contributed by atoms with Crippen molar-refractivity contribution in [2.75, 3.05) is 13.1 Å². The quantitative estimate of drug-likeness (QED) is 0.900. The van der Waals surface area contributed by atoms with E-state index in [9.17, 15) is 0 Å². The Morgan fingerprint density at radius 3 is 2.89 bits per heavy atom. The molecular weight excluding hydrogens is 244 g/mol. The molecule has 1 fully saturated rings. The van der Waals surface area contributed by atoms with E-state index in [0.717, 1.165) is 18.1 Å². The zero-order valence-electron chi connectivity index (χ0n) is 11.3. The molecule has 0 bridgehead atoms. The Kier molecular flexibility index (Phi) is 5.04. The molecule has 1 heterocycles. The highest BCUT2D eigenvalue weighted by Gasteiger charge is 2.20. The maximum atomic E-state index is 6.22. The molecule has 1 N–H and O–H groups in total. The summed E-state index contributed by atoms with van der Waals surface area (Å²) in [4.78, 5) is 2.50. The van der Waals surface area contributed by atoms with Gasteiger partial charge in [-0.05, 0) is 31.0 Å². The molecule has 2 nitrogen and oxygen atoms in total. The molecule has 2 rings (SSSR count). The Morgan fingerprint density at radius 2 is 2.17 bits per heavy atom. The Labute approximate surface area is 115 Å². The van der Waals surface area contributed by atoms with Gasteiger partial charge in [0.1, 0.15) is 0 Å². The molecule has 18 heavy (non-hydrogen) atoms. The molecule has 0 aliphatic carbocycles. The second kappa shape index (κ2) is 6.55. The van der Waals surface area contributed by atoms with Crippen molar-refractivity contribution in [3.8, 4) is 0 Å². The number of benzene rings is 1. The van der Waals surface area contributed by atoms with Crippen LogP contribution in [0.5, 0.6) is 0 Å². The minimum Gasteiger partial charge on any atom is -0.311 e. The zero-order chi connectivity index (χ0) is 13.0. The number of halogens is 1. The first-order valence-corrected chi connectivity index (χ1v) is 7.25. The van der Waals surface area contributed by atoms with E-state index in [1.807, 2.05) is 12.1 Å². The molecule has 0 amide bonds. The summed E-state index contributed by atoms with van der Waals surface area (Å²) in [6.07, 6.45) is 2.56. The van der Waals surface area contributed by atoms with Crippen LogP contribution in [0, 0.1) is 0 Å². The first kappa shape index (κ1) is 13.9. The summed E-state index contributed by atoms with van der Waals surface area (Å²) < 4.78 is 0. The van der Waals surface area contributed by atoms with Crippen LogP contribution in [-0.2, 0) is 6.54 Å². The Hall–Kier alpha value is -0.570. The Bertz CT molecular complexity index is 379. The average molecular weight is 267 g/mol.